The van der Waals surface area contributed by atoms with Gasteiger partial charge >= 0.3 is 0 Å². The second-order valence-corrected chi connectivity index (χ2v) is 4.92. The normalized spacial score (nSPS) is 15.4. The fourth-order valence-corrected chi connectivity index (χ4v) is 2.31. The van der Waals surface area contributed by atoms with E-state index in [0.29, 0.717) is 30.0 Å². The number of aromatic amines is 1. The molecule has 7 nitrogen and oxygen atoms in total. The first kappa shape index (κ1) is 13.3. The van der Waals surface area contributed by atoms with E-state index in [4.69, 9.17) is 0 Å². The summed E-state index contributed by atoms with van der Waals surface area (Å²) in [6, 6.07) is 7.18. The molecule has 0 bridgehead atoms. The summed E-state index contributed by atoms with van der Waals surface area (Å²) in [5, 5.41) is 6.57. The zero-order valence-electron chi connectivity index (χ0n) is 11.6. The van der Waals surface area contributed by atoms with E-state index in [9.17, 15) is 9.59 Å². The first-order valence-electron chi connectivity index (χ1n) is 6.65. The molecule has 2 heterocycles. The Morgan fingerprint density at radius 1 is 1.29 bits per heavy atom. The fourth-order valence-electron chi connectivity index (χ4n) is 2.31. The summed E-state index contributed by atoms with van der Waals surface area (Å²) in [7, 11) is 1.74. The molecular weight excluding hydrogens is 270 g/mol. The van der Waals surface area contributed by atoms with Crippen molar-refractivity contribution in [2.45, 2.75) is 0 Å². The smallest absolute Gasteiger partial charge is 0.255 e. The lowest BCUT2D eigenvalue weighted by Gasteiger charge is -2.32. The molecule has 21 heavy (non-hydrogen) atoms. The predicted octanol–water partition coefficient (Wildman–Crippen LogP) is 0.386. The van der Waals surface area contributed by atoms with Gasteiger partial charge < -0.3 is 9.80 Å². The van der Waals surface area contributed by atoms with Crippen molar-refractivity contribution < 1.29 is 9.59 Å². The highest BCUT2D eigenvalue weighted by atomic mass is 16.2. The molecule has 1 saturated heterocycles. The standard InChI is InChI=1S/C14H15N5O2/c1-18-6-7-19(8-12(18)20)14(21)11-5-3-2-4-10(11)13-15-9-16-17-13/h2-5,9H,6-8H2,1H3,(H,15,16,17). The number of benzene rings is 1. The van der Waals surface area contributed by atoms with Gasteiger partial charge in [0.25, 0.3) is 5.91 Å². The molecule has 7 heteroatoms. The molecule has 1 N–H and O–H groups in total. The number of likely N-dealkylation sites (N-methyl/N-ethyl adjacent to an activating group) is 1. The van der Waals surface area contributed by atoms with Crippen LogP contribution >= 0.6 is 0 Å². The van der Waals surface area contributed by atoms with Gasteiger partial charge in [0.15, 0.2) is 5.82 Å². The van der Waals surface area contributed by atoms with Crippen molar-refractivity contribution in [3.8, 4) is 11.4 Å². The Hall–Kier alpha value is -2.70. The van der Waals surface area contributed by atoms with E-state index in [1.54, 1.807) is 29.0 Å². The van der Waals surface area contributed by atoms with E-state index >= 15 is 0 Å². The molecule has 2 amide bonds. The highest BCUT2D eigenvalue weighted by molar-refractivity contribution is 6.01. The topological polar surface area (TPSA) is 82.2 Å². The Labute approximate surface area is 121 Å². The van der Waals surface area contributed by atoms with Crippen molar-refractivity contribution in [3.63, 3.8) is 0 Å². The van der Waals surface area contributed by atoms with Crippen LogP contribution < -0.4 is 0 Å². The minimum absolute atomic E-state index is 0.0493. The number of nitrogens with one attached hydrogen (secondary N) is 1. The third-order valence-corrected chi connectivity index (χ3v) is 3.57. The van der Waals surface area contributed by atoms with E-state index in [0.717, 1.165) is 0 Å². The fraction of sp³-hybridized carbons (Fsp3) is 0.286. The minimum atomic E-state index is -0.163. The molecule has 0 aliphatic carbocycles. The van der Waals surface area contributed by atoms with Crippen LogP contribution in [0.2, 0.25) is 0 Å². The molecule has 108 valence electrons. The van der Waals surface area contributed by atoms with Gasteiger partial charge in [0.1, 0.15) is 12.9 Å². The third-order valence-electron chi connectivity index (χ3n) is 3.57. The Kier molecular flexibility index (Phi) is 3.39. The summed E-state index contributed by atoms with van der Waals surface area (Å²) in [5.74, 6) is 0.328. The lowest BCUT2D eigenvalue weighted by molar-refractivity contribution is -0.133. The van der Waals surface area contributed by atoms with E-state index in [2.05, 4.69) is 15.2 Å². The lowest BCUT2D eigenvalue weighted by Crippen LogP contribution is -2.50. The van der Waals surface area contributed by atoms with Gasteiger partial charge in [-0.3, -0.25) is 14.7 Å². The SMILES string of the molecule is CN1CCN(C(=O)c2ccccc2-c2ncn[nH]2)CC1=O. The van der Waals surface area contributed by atoms with Crippen LogP contribution in [0.1, 0.15) is 10.4 Å². The number of carbonyl (C=O) groups excluding carboxylic acids is 2. The van der Waals surface area contributed by atoms with Crippen LogP contribution in [-0.4, -0.2) is 63.5 Å². The molecular formula is C14H15N5O2. The molecule has 1 aromatic heterocycles. The first-order chi connectivity index (χ1) is 10.2. The Morgan fingerprint density at radius 3 is 2.81 bits per heavy atom. The predicted molar refractivity (Wildman–Crippen MR) is 75.4 cm³/mol. The van der Waals surface area contributed by atoms with Crippen LogP contribution in [0.5, 0.6) is 0 Å². The van der Waals surface area contributed by atoms with Gasteiger partial charge in [-0.05, 0) is 6.07 Å². The van der Waals surface area contributed by atoms with Crippen molar-refractivity contribution in [1.82, 2.24) is 25.0 Å². The van der Waals surface area contributed by atoms with E-state index in [-0.39, 0.29) is 18.4 Å². The lowest BCUT2D eigenvalue weighted by atomic mass is 10.1. The number of carbonyl (C=O) groups is 2. The van der Waals surface area contributed by atoms with Gasteiger partial charge in [0.2, 0.25) is 5.91 Å². The molecule has 0 spiro atoms. The molecule has 0 atom stereocenters. The number of hydrogen-bond acceptors (Lipinski definition) is 4. The molecule has 2 aromatic rings. The highest BCUT2D eigenvalue weighted by Gasteiger charge is 2.27. The van der Waals surface area contributed by atoms with Gasteiger partial charge in [-0.15, -0.1) is 0 Å². The zero-order valence-corrected chi connectivity index (χ0v) is 11.6. The molecule has 0 saturated carbocycles. The summed E-state index contributed by atoms with van der Waals surface area (Å²) in [5.41, 5.74) is 1.21. The van der Waals surface area contributed by atoms with Crippen LogP contribution in [0.3, 0.4) is 0 Å². The van der Waals surface area contributed by atoms with Crippen molar-refractivity contribution >= 4 is 11.8 Å². The van der Waals surface area contributed by atoms with Crippen molar-refractivity contribution in [2.75, 3.05) is 26.7 Å². The van der Waals surface area contributed by atoms with Crippen LogP contribution in [0.15, 0.2) is 30.6 Å². The van der Waals surface area contributed by atoms with Crippen molar-refractivity contribution in [2.24, 2.45) is 0 Å². The first-order valence-corrected chi connectivity index (χ1v) is 6.65. The average molecular weight is 285 g/mol. The molecule has 1 fully saturated rings. The largest absolute Gasteiger partial charge is 0.342 e. The van der Waals surface area contributed by atoms with E-state index in [1.165, 1.54) is 6.33 Å². The van der Waals surface area contributed by atoms with Gasteiger partial charge in [0, 0.05) is 25.7 Å². The second-order valence-electron chi connectivity index (χ2n) is 4.92. The number of aromatic nitrogens is 3. The average Bonchev–Trinajstić information content (AvgIpc) is 3.03. The molecule has 1 aliphatic rings. The summed E-state index contributed by atoms with van der Waals surface area (Å²) in [6.07, 6.45) is 1.40. The molecule has 0 unspecified atom stereocenters. The van der Waals surface area contributed by atoms with Crippen LogP contribution in [-0.2, 0) is 4.79 Å². The number of H-pyrrole nitrogens is 1. The number of rotatable bonds is 2. The van der Waals surface area contributed by atoms with Crippen LogP contribution in [0, 0.1) is 0 Å². The molecule has 1 aliphatic heterocycles. The highest BCUT2D eigenvalue weighted by Crippen LogP contribution is 2.21. The molecule has 0 radical (unpaired) electrons. The van der Waals surface area contributed by atoms with E-state index < -0.39 is 0 Å². The Bertz CT molecular complexity index is 668. The van der Waals surface area contributed by atoms with Crippen molar-refractivity contribution in [1.29, 1.82) is 0 Å². The number of amides is 2. The second kappa shape index (κ2) is 5.35. The maximum Gasteiger partial charge on any atom is 0.255 e. The van der Waals surface area contributed by atoms with Crippen LogP contribution in [0.4, 0.5) is 0 Å². The van der Waals surface area contributed by atoms with Gasteiger partial charge in [0.05, 0.1) is 5.56 Å². The quantitative estimate of drug-likeness (QED) is 0.865. The maximum atomic E-state index is 12.7. The number of piperazine rings is 1. The number of hydrogen-bond donors (Lipinski definition) is 1. The number of nitrogens with zero attached hydrogens (tertiary/aromatic N) is 4. The summed E-state index contributed by atoms with van der Waals surface area (Å²) < 4.78 is 0. The summed E-state index contributed by atoms with van der Waals surface area (Å²) >= 11 is 0. The van der Waals surface area contributed by atoms with Gasteiger partial charge in [-0.1, -0.05) is 18.2 Å². The summed E-state index contributed by atoms with van der Waals surface area (Å²) in [6.45, 7) is 1.20. The molecule has 1 aromatic carbocycles. The molecule has 3 rings (SSSR count). The third kappa shape index (κ3) is 2.49. The Balaban J connectivity index is 1.91. The minimum Gasteiger partial charge on any atom is -0.342 e. The van der Waals surface area contributed by atoms with Gasteiger partial charge in [-0.25, -0.2) is 4.98 Å². The van der Waals surface area contributed by atoms with Gasteiger partial charge in [-0.2, -0.15) is 5.10 Å². The summed E-state index contributed by atoms with van der Waals surface area (Å²) in [4.78, 5) is 31.7. The monoisotopic (exact) mass is 285 g/mol. The van der Waals surface area contributed by atoms with Crippen LogP contribution in [0.25, 0.3) is 11.4 Å². The Morgan fingerprint density at radius 2 is 2.10 bits per heavy atom. The zero-order chi connectivity index (χ0) is 14.8. The maximum absolute atomic E-state index is 12.7. The van der Waals surface area contributed by atoms with Crippen molar-refractivity contribution in [3.05, 3.63) is 36.2 Å². The van der Waals surface area contributed by atoms with E-state index in [1.807, 2.05) is 12.1 Å².